The number of hydrogen-bond acceptors (Lipinski definition) is 6. The molecule has 0 fully saturated rings. The van der Waals surface area contributed by atoms with Gasteiger partial charge in [0, 0.05) is 17.5 Å². The summed E-state index contributed by atoms with van der Waals surface area (Å²) in [5.41, 5.74) is 3.83. The Morgan fingerprint density at radius 3 is 2.47 bits per heavy atom. The zero-order chi connectivity index (χ0) is 21.7. The first-order chi connectivity index (χ1) is 14.5. The quantitative estimate of drug-likeness (QED) is 0.479. The number of hydrazone groups is 1. The first-order valence-electron chi connectivity index (χ1n) is 9.57. The fourth-order valence-corrected chi connectivity index (χ4v) is 3.08. The lowest BCUT2D eigenvalue weighted by atomic mass is 10.1. The molecule has 1 heterocycles. The van der Waals surface area contributed by atoms with Crippen molar-refractivity contribution >= 4 is 22.4 Å². The van der Waals surface area contributed by atoms with Crippen molar-refractivity contribution in [2.75, 3.05) is 14.2 Å². The summed E-state index contributed by atoms with van der Waals surface area (Å²) in [4.78, 5) is 25.4. The number of benzene rings is 2. The van der Waals surface area contributed by atoms with Crippen molar-refractivity contribution in [1.29, 1.82) is 0 Å². The molecule has 1 amide bonds. The number of carbonyl (C=O) groups is 1. The van der Waals surface area contributed by atoms with Crippen LogP contribution in [0.25, 0.3) is 10.8 Å². The summed E-state index contributed by atoms with van der Waals surface area (Å²) in [6, 6.07) is 12.3. The molecule has 1 N–H and O–H groups in total. The standard InChI is InChI=1S/C22H24N4O4/c1-5-12-26-22(28)17-9-7-6-8-16(17)20(25-26)21(27)24-23-14(2)15-10-11-18(29-3)19(13-15)30-4/h6-11,13H,5,12H2,1-4H3,(H,24,27)/b23-14-. The maximum absolute atomic E-state index is 12.8. The van der Waals surface area contributed by atoms with E-state index < -0.39 is 5.91 Å². The third kappa shape index (κ3) is 4.17. The van der Waals surface area contributed by atoms with E-state index in [-0.39, 0.29) is 11.3 Å². The van der Waals surface area contributed by atoms with Gasteiger partial charge < -0.3 is 9.47 Å². The summed E-state index contributed by atoms with van der Waals surface area (Å²) in [6.07, 6.45) is 0.725. The molecule has 0 aliphatic heterocycles. The van der Waals surface area contributed by atoms with Gasteiger partial charge in [-0.15, -0.1) is 0 Å². The highest BCUT2D eigenvalue weighted by molar-refractivity contribution is 6.06. The third-order valence-electron chi connectivity index (χ3n) is 4.64. The summed E-state index contributed by atoms with van der Waals surface area (Å²) in [7, 11) is 3.12. The molecule has 0 aliphatic rings. The van der Waals surface area contributed by atoms with Crippen molar-refractivity contribution in [3.8, 4) is 11.5 Å². The highest BCUT2D eigenvalue weighted by atomic mass is 16.5. The second-order valence-corrected chi connectivity index (χ2v) is 6.63. The van der Waals surface area contributed by atoms with Crippen molar-refractivity contribution in [1.82, 2.24) is 15.2 Å². The topological polar surface area (TPSA) is 94.8 Å². The number of hydrogen-bond donors (Lipinski definition) is 1. The number of amides is 1. The van der Waals surface area contributed by atoms with E-state index in [1.807, 2.05) is 13.0 Å². The van der Waals surface area contributed by atoms with Gasteiger partial charge in [-0.3, -0.25) is 9.59 Å². The molecule has 0 bridgehead atoms. The highest BCUT2D eigenvalue weighted by Crippen LogP contribution is 2.27. The largest absolute Gasteiger partial charge is 0.493 e. The molecule has 30 heavy (non-hydrogen) atoms. The monoisotopic (exact) mass is 408 g/mol. The highest BCUT2D eigenvalue weighted by Gasteiger charge is 2.16. The lowest BCUT2D eigenvalue weighted by molar-refractivity contribution is 0.0949. The molecule has 0 aliphatic carbocycles. The van der Waals surface area contributed by atoms with E-state index in [2.05, 4.69) is 15.6 Å². The number of ether oxygens (including phenoxy) is 2. The molecule has 0 saturated heterocycles. The van der Waals surface area contributed by atoms with Gasteiger partial charge in [0.15, 0.2) is 17.2 Å². The van der Waals surface area contributed by atoms with Crippen LogP contribution in [0.2, 0.25) is 0 Å². The predicted octanol–water partition coefficient (Wildman–Crippen LogP) is 2.98. The Kier molecular flexibility index (Phi) is 6.46. The predicted molar refractivity (Wildman–Crippen MR) is 116 cm³/mol. The molecular formula is C22H24N4O4. The normalized spacial score (nSPS) is 11.4. The number of rotatable bonds is 7. The lowest BCUT2D eigenvalue weighted by Gasteiger charge is -2.11. The van der Waals surface area contributed by atoms with Crippen molar-refractivity contribution < 1.29 is 14.3 Å². The van der Waals surface area contributed by atoms with Crippen LogP contribution in [0.5, 0.6) is 11.5 Å². The first-order valence-corrected chi connectivity index (χ1v) is 9.57. The van der Waals surface area contributed by atoms with Crippen LogP contribution in [-0.2, 0) is 6.54 Å². The Balaban J connectivity index is 1.93. The van der Waals surface area contributed by atoms with E-state index in [4.69, 9.17) is 9.47 Å². The van der Waals surface area contributed by atoms with Gasteiger partial charge >= 0.3 is 0 Å². The lowest BCUT2D eigenvalue weighted by Crippen LogP contribution is -2.29. The Labute approximate surface area is 174 Å². The van der Waals surface area contributed by atoms with Gasteiger partial charge in [0.25, 0.3) is 11.5 Å². The van der Waals surface area contributed by atoms with Crippen LogP contribution in [0, 0.1) is 0 Å². The second kappa shape index (κ2) is 9.21. The van der Waals surface area contributed by atoms with Crippen LogP contribution in [0.1, 0.15) is 36.3 Å². The van der Waals surface area contributed by atoms with Gasteiger partial charge in [-0.1, -0.05) is 25.1 Å². The number of aryl methyl sites for hydroxylation is 1. The van der Waals surface area contributed by atoms with E-state index >= 15 is 0 Å². The average Bonchev–Trinajstić information content (AvgIpc) is 2.78. The number of nitrogens with one attached hydrogen (secondary N) is 1. The number of nitrogens with zero attached hydrogens (tertiary/aromatic N) is 3. The van der Waals surface area contributed by atoms with Crippen LogP contribution < -0.4 is 20.5 Å². The van der Waals surface area contributed by atoms with E-state index in [0.717, 1.165) is 12.0 Å². The minimum Gasteiger partial charge on any atom is -0.493 e. The Morgan fingerprint density at radius 2 is 1.80 bits per heavy atom. The molecule has 0 saturated carbocycles. The van der Waals surface area contributed by atoms with E-state index in [1.165, 1.54) is 4.68 Å². The van der Waals surface area contributed by atoms with Crippen LogP contribution in [0.3, 0.4) is 0 Å². The van der Waals surface area contributed by atoms with Crippen molar-refractivity contribution in [2.24, 2.45) is 5.10 Å². The van der Waals surface area contributed by atoms with Crippen molar-refractivity contribution in [3.63, 3.8) is 0 Å². The van der Waals surface area contributed by atoms with Gasteiger partial charge in [-0.2, -0.15) is 10.2 Å². The Morgan fingerprint density at radius 1 is 1.10 bits per heavy atom. The zero-order valence-corrected chi connectivity index (χ0v) is 17.4. The van der Waals surface area contributed by atoms with Crippen molar-refractivity contribution in [3.05, 3.63) is 64.1 Å². The zero-order valence-electron chi connectivity index (χ0n) is 17.4. The minimum atomic E-state index is -0.490. The average molecular weight is 408 g/mol. The SMILES string of the molecule is CCCn1nc(C(=O)N/N=C(/C)c2ccc(OC)c(OC)c2)c2ccccc2c1=O. The fraction of sp³-hybridized carbons (Fsp3) is 0.273. The molecule has 0 atom stereocenters. The molecular weight excluding hydrogens is 384 g/mol. The molecule has 3 rings (SSSR count). The first kappa shape index (κ1) is 21.0. The molecule has 0 unspecified atom stereocenters. The number of carbonyl (C=O) groups excluding carboxylic acids is 1. The number of fused-ring (bicyclic) bond motifs is 1. The molecule has 156 valence electrons. The molecule has 2 aromatic carbocycles. The van der Waals surface area contributed by atoms with Crippen LogP contribution in [0.15, 0.2) is 52.4 Å². The van der Waals surface area contributed by atoms with Crippen LogP contribution in [-0.4, -0.2) is 35.6 Å². The van der Waals surface area contributed by atoms with E-state index in [9.17, 15) is 9.59 Å². The molecule has 3 aromatic rings. The summed E-state index contributed by atoms with van der Waals surface area (Å²) in [6.45, 7) is 4.14. The van der Waals surface area contributed by atoms with Gasteiger partial charge in [0.05, 0.1) is 25.3 Å². The van der Waals surface area contributed by atoms with Gasteiger partial charge in [-0.05, 0) is 37.6 Å². The summed E-state index contributed by atoms with van der Waals surface area (Å²) < 4.78 is 11.9. The maximum atomic E-state index is 12.8. The van der Waals surface area contributed by atoms with Crippen LogP contribution in [0.4, 0.5) is 0 Å². The minimum absolute atomic E-state index is 0.155. The van der Waals surface area contributed by atoms with E-state index in [0.29, 0.717) is 34.5 Å². The summed E-state index contributed by atoms with van der Waals surface area (Å²) in [5, 5.41) is 9.42. The summed E-state index contributed by atoms with van der Waals surface area (Å²) >= 11 is 0. The fourth-order valence-electron chi connectivity index (χ4n) is 3.08. The molecule has 0 spiro atoms. The van der Waals surface area contributed by atoms with E-state index in [1.54, 1.807) is 57.5 Å². The number of methoxy groups -OCH3 is 2. The second-order valence-electron chi connectivity index (χ2n) is 6.63. The third-order valence-corrected chi connectivity index (χ3v) is 4.64. The van der Waals surface area contributed by atoms with Crippen molar-refractivity contribution in [2.45, 2.75) is 26.8 Å². The van der Waals surface area contributed by atoms with Crippen LogP contribution >= 0.6 is 0 Å². The number of aromatic nitrogens is 2. The Hall–Kier alpha value is -3.68. The van der Waals surface area contributed by atoms with Gasteiger partial charge in [-0.25, -0.2) is 10.1 Å². The molecule has 1 aromatic heterocycles. The Bertz CT molecular complexity index is 1170. The van der Waals surface area contributed by atoms with Gasteiger partial charge in [0.1, 0.15) is 0 Å². The smallest absolute Gasteiger partial charge is 0.292 e. The molecule has 8 nitrogen and oxygen atoms in total. The summed E-state index contributed by atoms with van der Waals surface area (Å²) in [5.74, 6) is 0.679. The van der Waals surface area contributed by atoms with Gasteiger partial charge in [0.2, 0.25) is 0 Å². The maximum Gasteiger partial charge on any atom is 0.292 e. The molecule has 0 radical (unpaired) electrons. The molecule has 8 heteroatoms.